The molecule has 0 aromatic heterocycles. The molecule has 1 aromatic carbocycles. The fraction of sp³-hybridized carbons (Fsp3) is 0.650. The zero-order valence-corrected chi connectivity index (χ0v) is 15.9. The Morgan fingerprint density at radius 3 is 2.52 bits per heavy atom. The lowest BCUT2D eigenvalue weighted by Gasteiger charge is -2.49. The van der Waals surface area contributed by atoms with E-state index in [0.717, 1.165) is 24.3 Å². The van der Waals surface area contributed by atoms with Crippen molar-refractivity contribution in [3.05, 3.63) is 34.9 Å². The molecule has 3 atom stereocenters. The maximum absolute atomic E-state index is 12.7. The highest BCUT2D eigenvalue weighted by Gasteiger charge is 2.46. The van der Waals surface area contributed by atoms with Crippen molar-refractivity contribution < 1.29 is 9.90 Å². The molecule has 0 spiro atoms. The summed E-state index contributed by atoms with van der Waals surface area (Å²) in [6, 6.07) is 7.93. The van der Waals surface area contributed by atoms with Crippen molar-refractivity contribution in [3.63, 3.8) is 0 Å². The Bertz CT molecular complexity index is 598. The third kappa shape index (κ3) is 4.02. The molecule has 0 radical (unpaired) electrons. The number of aliphatic hydroxyl groups excluding tert-OH is 1. The third-order valence-electron chi connectivity index (χ3n) is 5.78. The number of aliphatic hydroxyl groups is 1. The van der Waals surface area contributed by atoms with Crippen LogP contribution in [0.3, 0.4) is 0 Å². The number of carbonyl (C=O) groups is 1. The summed E-state index contributed by atoms with van der Waals surface area (Å²) >= 11 is 6.07. The Morgan fingerprint density at radius 2 is 2.04 bits per heavy atom. The van der Waals surface area contributed by atoms with Gasteiger partial charge in [0, 0.05) is 23.0 Å². The van der Waals surface area contributed by atoms with Gasteiger partial charge in [0.25, 0.3) is 0 Å². The van der Waals surface area contributed by atoms with E-state index in [0.29, 0.717) is 18.9 Å². The highest BCUT2D eigenvalue weighted by Crippen LogP contribution is 2.48. The number of hydrogen-bond acceptors (Lipinski definition) is 3. The van der Waals surface area contributed by atoms with Gasteiger partial charge in [-0.25, -0.2) is 0 Å². The van der Waals surface area contributed by atoms with Gasteiger partial charge >= 0.3 is 0 Å². The summed E-state index contributed by atoms with van der Waals surface area (Å²) in [6.07, 6.45) is 4.39. The van der Waals surface area contributed by atoms with E-state index in [-0.39, 0.29) is 23.4 Å². The number of nitrogens with one attached hydrogen (secondary N) is 2. The van der Waals surface area contributed by atoms with Gasteiger partial charge in [0.1, 0.15) is 0 Å². The molecule has 3 unspecified atom stereocenters. The van der Waals surface area contributed by atoms with Gasteiger partial charge in [-0.05, 0) is 49.3 Å². The van der Waals surface area contributed by atoms with Crippen molar-refractivity contribution in [2.45, 2.75) is 69.6 Å². The number of benzene rings is 1. The van der Waals surface area contributed by atoms with Crippen LogP contribution in [0.25, 0.3) is 0 Å². The minimum absolute atomic E-state index is 0.00173. The van der Waals surface area contributed by atoms with Crippen molar-refractivity contribution in [2.75, 3.05) is 6.54 Å². The molecule has 138 valence electrons. The van der Waals surface area contributed by atoms with Gasteiger partial charge < -0.3 is 15.7 Å². The molecule has 2 aliphatic rings. The van der Waals surface area contributed by atoms with Crippen LogP contribution >= 0.6 is 11.6 Å². The highest BCUT2D eigenvalue weighted by molar-refractivity contribution is 6.30. The van der Waals surface area contributed by atoms with Crippen LogP contribution in [-0.2, 0) is 10.2 Å². The van der Waals surface area contributed by atoms with Crippen molar-refractivity contribution in [3.8, 4) is 0 Å². The second-order valence-electron chi connectivity index (χ2n) is 8.06. The molecular formula is C20H29ClN2O2. The van der Waals surface area contributed by atoms with Crippen LogP contribution in [0.1, 0.15) is 51.5 Å². The maximum atomic E-state index is 12.7. The first kappa shape index (κ1) is 18.7. The van der Waals surface area contributed by atoms with E-state index in [1.54, 1.807) is 0 Å². The average Bonchev–Trinajstić information content (AvgIpc) is 2.94. The normalized spacial score (nSPS) is 26.3. The van der Waals surface area contributed by atoms with Crippen LogP contribution in [0.5, 0.6) is 0 Å². The van der Waals surface area contributed by atoms with Gasteiger partial charge in [-0.1, -0.05) is 44.0 Å². The first-order chi connectivity index (χ1) is 11.9. The van der Waals surface area contributed by atoms with E-state index < -0.39 is 6.10 Å². The van der Waals surface area contributed by atoms with Crippen LogP contribution in [0.4, 0.5) is 0 Å². The first-order valence-electron chi connectivity index (χ1n) is 9.38. The summed E-state index contributed by atoms with van der Waals surface area (Å²) in [5.74, 6) is 0.514. The SMILES string of the molecule is CC(C)CC(NC(=O)C1CC(O)CN1)C1(c2ccc(Cl)cc2)CCC1. The summed E-state index contributed by atoms with van der Waals surface area (Å²) in [5, 5.41) is 16.9. The van der Waals surface area contributed by atoms with Crippen molar-refractivity contribution in [1.82, 2.24) is 10.6 Å². The van der Waals surface area contributed by atoms with Gasteiger partial charge in [0.05, 0.1) is 12.1 Å². The summed E-state index contributed by atoms with van der Waals surface area (Å²) in [5.41, 5.74) is 1.27. The summed E-state index contributed by atoms with van der Waals surface area (Å²) in [6.45, 7) is 4.89. The molecule has 2 fully saturated rings. The van der Waals surface area contributed by atoms with Crippen LogP contribution in [0.15, 0.2) is 24.3 Å². The third-order valence-corrected chi connectivity index (χ3v) is 6.03. The predicted molar refractivity (Wildman–Crippen MR) is 101 cm³/mol. The highest BCUT2D eigenvalue weighted by atomic mass is 35.5. The molecule has 3 rings (SSSR count). The average molecular weight is 365 g/mol. The zero-order chi connectivity index (χ0) is 18.0. The molecule has 4 nitrogen and oxygen atoms in total. The zero-order valence-electron chi connectivity index (χ0n) is 15.1. The molecule has 1 saturated heterocycles. The Morgan fingerprint density at radius 1 is 1.36 bits per heavy atom. The molecule has 25 heavy (non-hydrogen) atoms. The molecule has 3 N–H and O–H groups in total. The summed E-state index contributed by atoms with van der Waals surface area (Å²) in [7, 11) is 0. The smallest absolute Gasteiger partial charge is 0.237 e. The van der Waals surface area contributed by atoms with Crippen molar-refractivity contribution >= 4 is 17.5 Å². The number of carbonyl (C=O) groups excluding carboxylic acids is 1. The van der Waals surface area contributed by atoms with Gasteiger partial charge in [0.2, 0.25) is 5.91 Å². The molecule has 1 heterocycles. The quantitative estimate of drug-likeness (QED) is 0.727. The van der Waals surface area contributed by atoms with E-state index in [1.165, 1.54) is 12.0 Å². The molecule has 1 amide bonds. The monoisotopic (exact) mass is 364 g/mol. The molecule has 1 aliphatic heterocycles. The lowest BCUT2D eigenvalue weighted by atomic mass is 9.58. The fourth-order valence-corrected chi connectivity index (χ4v) is 4.39. The van der Waals surface area contributed by atoms with E-state index in [9.17, 15) is 9.90 Å². The molecule has 5 heteroatoms. The minimum atomic E-state index is -0.423. The van der Waals surface area contributed by atoms with Crippen molar-refractivity contribution in [2.24, 2.45) is 5.92 Å². The van der Waals surface area contributed by atoms with Crippen molar-refractivity contribution in [1.29, 1.82) is 0 Å². The predicted octanol–water partition coefficient (Wildman–Crippen LogP) is 3.02. The molecule has 0 bridgehead atoms. The van der Waals surface area contributed by atoms with Crippen LogP contribution in [-0.4, -0.2) is 35.7 Å². The topological polar surface area (TPSA) is 61.4 Å². The van der Waals surface area contributed by atoms with Gasteiger partial charge in [-0.15, -0.1) is 0 Å². The van der Waals surface area contributed by atoms with Gasteiger partial charge in [0.15, 0.2) is 0 Å². The Balaban J connectivity index is 1.81. The largest absolute Gasteiger partial charge is 0.392 e. The number of halogens is 1. The standard InChI is InChI=1S/C20H29ClN2O2/c1-13(2)10-18(23-19(25)17-11-16(24)12-22-17)20(8-3-9-20)14-4-6-15(21)7-5-14/h4-7,13,16-18,22,24H,3,8-12H2,1-2H3,(H,23,25). The molecule has 1 aliphatic carbocycles. The second kappa shape index (κ2) is 7.65. The second-order valence-corrected chi connectivity index (χ2v) is 8.49. The Kier molecular flexibility index (Phi) is 5.71. The molecular weight excluding hydrogens is 336 g/mol. The van der Waals surface area contributed by atoms with E-state index in [2.05, 4.69) is 36.6 Å². The Labute approximate surface area is 155 Å². The van der Waals surface area contributed by atoms with Crippen LogP contribution in [0, 0.1) is 5.92 Å². The molecule has 1 aromatic rings. The first-order valence-corrected chi connectivity index (χ1v) is 9.76. The van der Waals surface area contributed by atoms with Crippen LogP contribution in [0.2, 0.25) is 5.02 Å². The molecule has 1 saturated carbocycles. The summed E-state index contributed by atoms with van der Waals surface area (Å²) < 4.78 is 0. The lowest BCUT2D eigenvalue weighted by molar-refractivity contribution is -0.124. The minimum Gasteiger partial charge on any atom is -0.392 e. The fourth-order valence-electron chi connectivity index (χ4n) is 4.26. The number of amides is 1. The van der Waals surface area contributed by atoms with Gasteiger partial charge in [-0.3, -0.25) is 4.79 Å². The van der Waals surface area contributed by atoms with E-state index >= 15 is 0 Å². The Hall–Kier alpha value is -1.10. The van der Waals surface area contributed by atoms with E-state index in [4.69, 9.17) is 11.6 Å². The lowest BCUT2D eigenvalue weighted by Crippen LogP contribution is -2.57. The summed E-state index contributed by atoms with van der Waals surface area (Å²) in [4.78, 5) is 12.7. The van der Waals surface area contributed by atoms with Gasteiger partial charge in [-0.2, -0.15) is 0 Å². The van der Waals surface area contributed by atoms with Crippen LogP contribution < -0.4 is 10.6 Å². The maximum Gasteiger partial charge on any atom is 0.237 e. The van der Waals surface area contributed by atoms with E-state index in [1.807, 2.05) is 12.1 Å². The number of β-amino-alcohol motifs (C(OH)–C–C–N with tert-alkyl or cyclic N) is 1. The number of hydrogen-bond donors (Lipinski definition) is 3. The number of rotatable bonds is 6.